The minimum absolute atomic E-state index is 0.190. The first-order valence-corrected chi connectivity index (χ1v) is 6.89. The van der Waals surface area contributed by atoms with Crippen LogP contribution >= 0.6 is 0 Å². The Morgan fingerprint density at radius 2 is 2.00 bits per heavy atom. The van der Waals surface area contributed by atoms with E-state index < -0.39 is 9.84 Å². The highest BCUT2D eigenvalue weighted by molar-refractivity contribution is 7.91. The molecule has 16 heavy (non-hydrogen) atoms. The van der Waals surface area contributed by atoms with Gasteiger partial charge in [-0.2, -0.15) is 0 Å². The summed E-state index contributed by atoms with van der Waals surface area (Å²) < 4.78 is 35.3. The van der Waals surface area contributed by atoms with Crippen LogP contribution in [0.1, 0.15) is 5.56 Å². The summed E-state index contributed by atoms with van der Waals surface area (Å²) in [4.78, 5) is 5.76. The molecule has 6 heteroatoms. The van der Waals surface area contributed by atoms with E-state index >= 15 is 0 Å². The summed E-state index contributed by atoms with van der Waals surface area (Å²) in [6, 6.07) is 1.43. The summed E-state index contributed by atoms with van der Waals surface area (Å²) >= 11 is 0. The van der Waals surface area contributed by atoms with Crippen LogP contribution in [0.15, 0.2) is 18.5 Å². The molecule has 1 aromatic heterocycles. The Bertz CT molecular complexity index is 461. The Kier molecular flexibility index (Phi) is 3.20. The average molecular weight is 244 g/mol. The molecule has 0 aliphatic carbocycles. The smallest absolute Gasteiger partial charge is 0.152 e. The highest BCUT2D eigenvalue weighted by atomic mass is 32.2. The first-order chi connectivity index (χ1) is 7.55. The predicted octanol–water partition coefficient (Wildman–Crippen LogP) is 0.451. The normalized spacial score (nSPS) is 20.8. The topological polar surface area (TPSA) is 50.3 Å². The molecule has 1 fully saturated rings. The molecule has 2 heterocycles. The SMILES string of the molecule is O=S1(=O)CCN(Cc2cncc(F)c2)CC1. The second-order valence-corrected chi connectivity index (χ2v) is 6.24. The van der Waals surface area contributed by atoms with Crippen molar-refractivity contribution in [1.82, 2.24) is 9.88 Å². The minimum atomic E-state index is -2.85. The molecule has 0 saturated carbocycles. The summed E-state index contributed by atoms with van der Waals surface area (Å²) in [7, 11) is -2.85. The second kappa shape index (κ2) is 4.47. The highest BCUT2D eigenvalue weighted by Crippen LogP contribution is 2.09. The first kappa shape index (κ1) is 11.5. The fourth-order valence-electron chi connectivity index (χ4n) is 1.71. The van der Waals surface area contributed by atoms with Crippen molar-refractivity contribution in [2.75, 3.05) is 24.6 Å². The Balaban J connectivity index is 1.97. The van der Waals surface area contributed by atoms with Gasteiger partial charge in [0.1, 0.15) is 5.82 Å². The van der Waals surface area contributed by atoms with Crippen molar-refractivity contribution in [3.63, 3.8) is 0 Å². The lowest BCUT2D eigenvalue weighted by Crippen LogP contribution is -2.39. The third-order valence-electron chi connectivity index (χ3n) is 2.60. The third-order valence-corrected chi connectivity index (χ3v) is 4.21. The largest absolute Gasteiger partial charge is 0.297 e. The van der Waals surface area contributed by atoms with E-state index in [0.29, 0.717) is 19.6 Å². The summed E-state index contributed by atoms with van der Waals surface area (Å²) in [6.45, 7) is 1.58. The van der Waals surface area contributed by atoms with Gasteiger partial charge in [-0.3, -0.25) is 9.88 Å². The van der Waals surface area contributed by atoms with Crippen molar-refractivity contribution in [3.05, 3.63) is 29.8 Å². The minimum Gasteiger partial charge on any atom is -0.297 e. The summed E-state index contributed by atoms with van der Waals surface area (Å²) in [6.07, 6.45) is 2.76. The molecular formula is C10H13FN2O2S. The number of pyridine rings is 1. The third kappa shape index (κ3) is 2.99. The average Bonchev–Trinajstić information content (AvgIpc) is 2.21. The molecule has 2 rings (SSSR count). The lowest BCUT2D eigenvalue weighted by atomic mass is 10.2. The van der Waals surface area contributed by atoms with Crippen LogP contribution in [-0.2, 0) is 16.4 Å². The molecule has 4 nitrogen and oxygen atoms in total. The molecule has 0 spiro atoms. The highest BCUT2D eigenvalue weighted by Gasteiger charge is 2.21. The van der Waals surface area contributed by atoms with Crippen LogP contribution in [0, 0.1) is 5.82 Å². The zero-order valence-electron chi connectivity index (χ0n) is 8.76. The van der Waals surface area contributed by atoms with E-state index in [9.17, 15) is 12.8 Å². The van der Waals surface area contributed by atoms with Crippen LogP contribution in [0.25, 0.3) is 0 Å². The first-order valence-electron chi connectivity index (χ1n) is 5.07. The van der Waals surface area contributed by atoms with Crippen LogP contribution in [0.2, 0.25) is 0 Å². The van der Waals surface area contributed by atoms with E-state index in [1.165, 1.54) is 6.07 Å². The van der Waals surface area contributed by atoms with Crippen molar-refractivity contribution in [2.24, 2.45) is 0 Å². The van der Waals surface area contributed by atoms with Gasteiger partial charge in [0.25, 0.3) is 0 Å². The lowest BCUT2D eigenvalue weighted by Gasteiger charge is -2.26. The molecule has 88 valence electrons. The van der Waals surface area contributed by atoms with Crippen LogP contribution in [0.3, 0.4) is 0 Å². The number of hydrogen-bond donors (Lipinski definition) is 0. The van der Waals surface area contributed by atoms with Crippen LogP contribution in [0.4, 0.5) is 4.39 Å². The number of hydrogen-bond acceptors (Lipinski definition) is 4. The lowest BCUT2D eigenvalue weighted by molar-refractivity contribution is 0.287. The van der Waals surface area contributed by atoms with Crippen molar-refractivity contribution >= 4 is 9.84 Å². The van der Waals surface area contributed by atoms with Gasteiger partial charge in [-0.05, 0) is 11.6 Å². The van der Waals surface area contributed by atoms with Crippen molar-refractivity contribution in [1.29, 1.82) is 0 Å². The molecule has 0 unspecified atom stereocenters. The van der Waals surface area contributed by atoms with Gasteiger partial charge in [0.05, 0.1) is 17.7 Å². The zero-order valence-corrected chi connectivity index (χ0v) is 9.58. The Morgan fingerprint density at radius 1 is 1.31 bits per heavy atom. The molecular weight excluding hydrogens is 231 g/mol. The van der Waals surface area contributed by atoms with Crippen molar-refractivity contribution in [3.8, 4) is 0 Å². The number of halogens is 1. The van der Waals surface area contributed by atoms with E-state index in [-0.39, 0.29) is 17.3 Å². The molecule has 1 aliphatic rings. The number of nitrogens with zero attached hydrogens (tertiary/aromatic N) is 2. The van der Waals surface area contributed by atoms with Crippen molar-refractivity contribution in [2.45, 2.75) is 6.54 Å². The molecule has 1 aromatic rings. The van der Waals surface area contributed by atoms with Crippen molar-refractivity contribution < 1.29 is 12.8 Å². The molecule has 0 bridgehead atoms. The van der Waals surface area contributed by atoms with Gasteiger partial charge in [0.2, 0.25) is 0 Å². The van der Waals surface area contributed by atoms with E-state index in [2.05, 4.69) is 4.98 Å². The number of rotatable bonds is 2. The van der Waals surface area contributed by atoms with Gasteiger partial charge in [-0.15, -0.1) is 0 Å². The Labute approximate surface area is 94.0 Å². The van der Waals surface area contributed by atoms with E-state index in [1.807, 2.05) is 4.90 Å². The van der Waals surface area contributed by atoms with Gasteiger partial charge >= 0.3 is 0 Å². The molecule has 0 atom stereocenters. The van der Waals surface area contributed by atoms with Gasteiger partial charge < -0.3 is 0 Å². The zero-order chi connectivity index (χ0) is 11.6. The maximum Gasteiger partial charge on any atom is 0.152 e. The van der Waals surface area contributed by atoms with E-state index in [4.69, 9.17) is 0 Å². The van der Waals surface area contributed by atoms with Gasteiger partial charge in [0, 0.05) is 25.8 Å². The number of sulfone groups is 1. The molecule has 0 N–H and O–H groups in total. The monoisotopic (exact) mass is 244 g/mol. The van der Waals surface area contributed by atoms with Crippen LogP contribution < -0.4 is 0 Å². The maximum atomic E-state index is 12.9. The molecule has 1 saturated heterocycles. The Morgan fingerprint density at radius 3 is 2.62 bits per heavy atom. The molecule has 0 amide bonds. The van der Waals surface area contributed by atoms with Gasteiger partial charge in [-0.25, -0.2) is 12.8 Å². The Hall–Kier alpha value is -1.01. The standard InChI is InChI=1S/C10H13FN2O2S/c11-10-5-9(6-12-7-10)8-13-1-3-16(14,15)4-2-13/h5-7H,1-4,8H2. The quantitative estimate of drug-likeness (QED) is 0.758. The second-order valence-electron chi connectivity index (χ2n) is 3.94. The summed E-state index contributed by atoms with van der Waals surface area (Å²) in [5.41, 5.74) is 0.777. The molecule has 1 aliphatic heterocycles. The van der Waals surface area contributed by atoms with E-state index in [1.54, 1.807) is 6.20 Å². The maximum absolute atomic E-state index is 12.9. The van der Waals surface area contributed by atoms with Crippen LogP contribution in [-0.4, -0.2) is 42.9 Å². The van der Waals surface area contributed by atoms with Gasteiger partial charge in [-0.1, -0.05) is 0 Å². The summed E-state index contributed by atoms with van der Waals surface area (Å²) in [5.74, 6) is 0.0213. The van der Waals surface area contributed by atoms with Gasteiger partial charge in [0.15, 0.2) is 9.84 Å². The molecule has 0 aromatic carbocycles. The summed E-state index contributed by atoms with van der Waals surface area (Å²) in [5, 5.41) is 0. The fourth-order valence-corrected chi connectivity index (χ4v) is 2.99. The predicted molar refractivity (Wildman–Crippen MR) is 58.1 cm³/mol. The van der Waals surface area contributed by atoms with E-state index in [0.717, 1.165) is 11.8 Å². The molecule has 0 radical (unpaired) electrons. The van der Waals surface area contributed by atoms with Crippen LogP contribution in [0.5, 0.6) is 0 Å². The number of aromatic nitrogens is 1. The fraction of sp³-hybridized carbons (Fsp3) is 0.500.